The van der Waals surface area contributed by atoms with Crippen LogP contribution in [-0.2, 0) is 6.54 Å². The minimum atomic E-state index is -0.724. The van der Waals surface area contributed by atoms with E-state index >= 15 is 4.39 Å². The number of aliphatic hydroxyl groups excluding tert-OH is 1. The van der Waals surface area contributed by atoms with Gasteiger partial charge in [-0.2, -0.15) is 0 Å². The van der Waals surface area contributed by atoms with Crippen molar-refractivity contribution in [1.82, 2.24) is 10.3 Å². The summed E-state index contributed by atoms with van der Waals surface area (Å²) in [6.45, 7) is -0.0757. The van der Waals surface area contributed by atoms with Gasteiger partial charge in [-0.15, -0.1) is 0 Å². The number of H-pyrrole nitrogens is 1. The van der Waals surface area contributed by atoms with Crippen molar-refractivity contribution in [2.24, 2.45) is 0 Å². The number of rotatable bonds is 8. The quantitative estimate of drug-likeness (QED) is 0.189. The Bertz CT molecular complexity index is 1390. The number of nitrogens with one attached hydrogen (secondary N) is 2. The molecule has 1 heterocycles. The molecule has 4 rings (SSSR count). The van der Waals surface area contributed by atoms with Gasteiger partial charge in [-0.3, -0.25) is 4.79 Å². The molecule has 0 spiro atoms. The molecule has 1 amide bonds. The number of benzene rings is 3. The van der Waals surface area contributed by atoms with Gasteiger partial charge < -0.3 is 30.6 Å². The predicted octanol–water partition coefficient (Wildman–Crippen LogP) is 6.05. The highest BCUT2D eigenvalue weighted by Gasteiger charge is 2.19. The van der Waals surface area contributed by atoms with E-state index in [1.807, 2.05) is 0 Å². The van der Waals surface area contributed by atoms with Crippen LogP contribution in [0.15, 0.2) is 53.0 Å². The van der Waals surface area contributed by atoms with Crippen LogP contribution < -0.4 is 20.5 Å². The Morgan fingerprint density at radius 1 is 1.14 bits per heavy atom. The Labute approximate surface area is 218 Å². The van der Waals surface area contributed by atoms with E-state index in [4.69, 9.17) is 43.5 Å². The molecule has 3 aromatic carbocycles. The second-order valence-electron chi connectivity index (χ2n) is 7.45. The van der Waals surface area contributed by atoms with Gasteiger partial charge in [0, 0.05) is 39.8 Å². The second kappa shape index (κ2) is 10.7. The second-order valence-corrected chi connectivity index (χ2v) is 9.08. The maximum absolute atomic E-state index is 15.2. The fourth-order valence-electron chi connectivity index (χ4n) is 3.38. The number of fused-ring (bicyclic) bond motifs is 1. The lowest BCUT2D eigenvalue weighted by Crippen LogP contribution is -2.24. The number of hydrogen-bond acceptors (Lipinski definition) is 5. The maximum atomic E-state index is 15.2. The minimum Gasteiger partial charge on any atom is -0.491 e. The first-order valence-corrected chi connectivity index (χ1v) is 11.9. The molecule has 7 nitrogen and oxygen atoms in total. The first-order valence-electron chi connectivity index (χ1n) is 10.3. The molecule has 4 aromatic rings. The molecule has 0 unspecified atom stereocenters. The summed E-state index contributed by atoms with van der Waals surface area (Å²) in [4.78, 5) is 15.9. The number of aliphatic hydroxyl groups is 1. The fraction of sp³-hybridized carbons (Fsp3) is 0.125. The van der Waals surface area contributed by atoms with Crippen LogP contribution in [0.3, 0.4) is 0 Å². The number of nitrogens with two attached hydrogens (primary N) is 1. The smallest absolute Gasteiger partial charge is 0.269 e. The summed E-state index contributed by atoms with van der Waals surface area (Å²) in [7, 11) is 0. The lowest BCUT2D eigenvalue weighted by molar-refractivity contribution is 0.0945. The third-order valence-electron chi connectivity index (χ3n) is 4.98. The van der Waals surface area contributed by atoms with Gasteiger partial charge in [-0.25, -0.2) is 4.39 Å². The Balaban J connectivity index is 1.52. The van der Waals surface area contributed by atoms with Crippen LogP contribution in [-0.4, -0.2) is 29.2 Å². The van der Waals surface area contributed by atoms with Crippen molar-refractivity contribution in [3.05, 3.63) is 80.1 Å². The molecule has 0 fully saturated rings. The van der Waals surface area contributed by atoms with Gasteiger partial charge in [0.2, 0.25) is 0 Å². The van der Waals surface area contributed by atoms with Crippen molar-refractivity contribution in [3.63, 3.8) is 0 Å². The molecule has 0 bridgehead atoms. The normalized spacial score (nSPS) is 11.0. The first kappa shape index (κ1) is 25.1. The van der Waals surface area contributed by atoms with Gasteiger partial charge in [0.25, 0.3) is 5.91 Å². The number of nitrogen functional groups attached to an aromatic ring is 1. The van der Waals surface area contributed by atoms with Crippen molar-refractivity contribution in [2.75, 3.05) is 18.9 Å². The number of carbonyl (C=O) groups is 1. The van der Waals surface area contributed by atoms with E-state index in [0.717, 1.165) is 5.39 Å². The number of aromatic amines is 1. The number of carbonyl (C=O) groups excluding carboxylic acids is 1. The van der Waals surface area contributed by atoms with E-state index in [9.17, 15) is 4.79 Å². The molecule has 0 saturated heterocycles. The van der Waals surface area contributed by atoms with E-state index in [1.165, 1.54) is 30.3 Å². The largest absolute Gasteiger partial charge is 0.491 e. The highest BCUT2D eigenvalue weighted by atomic mass is 79.9. The van der Waals surface area contributed by atoms with Gasteiger partial charge in [0.05, 0.1) is 16.1 Å². The third-order valence-corrected chi connectivity index (χ3v) is 6.32. The highest BCUT2D eigenvalue weighted by molar-refractivity contribution is 9.10. The van der Waals surface area contributed by atoms with Crippen LogP contribution in [0.2, 0.25) is 10.0 Å². The molecule has 0 aliphatic heterocycles. The first-order chi connectivity index (χ1) is 16.8. The van der Waals surface area contributed by atoms with Gasteiger partial charge in [-0.1, -0.05) is 29.3 Å². The number of ether oxygens (including phenoxy) is 2. The molecule has 182 valence electrons. The fourth-order valence-corrected chi connectivity index (χ4v) is 4.40. The van der Waals surface area contributed by atoms with E-state index < -0.39 is 11.7 Å². The van der Waals surface area contributed by atoms with Crippen LogP contribution in [0.25, 0.3) is 10.9 Å². The third kappa shape index (κ3) is 5.65. The van der Waals surface area contributed by atoms with Crippen LogP contribution in [0, 0.1) is 5.82 Å². The van der Waals surface area contributed by atoms with E-state index in [-0.39, 0.29) is 47.5 Å². The minimum absolute atomic E-state index is 0.0497. The Morgan fingerprint density at radius 3 is 2.69 bits per heavy atom. The zero-order chi connectivity index (χ0) is 25.1. The standard InChI is InChI=1S/C24H19BrCl2FN3O4/c25-20-17-10-15(34-6-5-32)2-4-19(17)31-22(20)24(33)30-11-12-1-3-18(27)23(21(12)28)35-16-8-13(26)7-14(29)9-16/h1-4,7-10,31-32H,5-6,11,29H2,(H,30,33). The van der Waals surface area contributed by atoms with Crippen molar-refractivity contribution in [3.8, 4) is 17.2 Å². The molecule has 11 heteroatoms. The predicted molar refractivity (Wildman–Crippen MR) is 137 cm³/mol. The molecule has 0 aliphatic carbocycles. The van der Waals surface area contributed by atoms with Gasteiger partial charge in [-0.05, 0) is 52.3 Å². The summed E-state index contributed by atoms with van der Waals surface area (Å²) in [6.07, 6.45) is 0. The van der Waals surface area contributed by atoms with Crippen molar-refractivity contribution >= 4 is 61.6 Å². The van der Waals surface area contributed by atoms with Crippen LogP contribution in [0.5, 0.6) is 17.2 Å². The number of halogens is 4. The molecule has 1 aromatic heterocycles. The van der Waals surface area contributed by atoms with E-state index in [1.54, 1.807) is 18.2 Å². The zero-order valence-electron chi connectivity index (χ0n) is 18.0. The molecule has 0 saturated carbocycles. The lowest BCUT2D eigenvalue weighted by Gasteiger charge is -2.13. The lowest BCUT2D eigenvalue weighted by atomic mass is 10.2. The molecular weight excluding hydrogens is 564 g/mol. The Kier molecular flexibility index (Phi) is 7.71. The van der Waals surface area contributed by atoms with E-state index in [2.05, 4.69) is 26.2 Å². The SMILES string of the molecule is Nc1cc(Cl)cc(Oc2c(Cl)ccc(CNC(=O)c3[nH]c4ccc(OCCO)cc4c3Br)c2F)c1. The number of aromatic nitrogens is 1. The van der Waals surface area contributed by atoms with Crippen molar-refractivity contribution in [2.45, 2.75) is 6.54 Å². The summed E-state index contributed by atoms with van der Waals surface area (Å²) in [5.41, 5.74) is 7.24. The van der Waals surface area contributed by atoms with Crippen molar-refractivity contribution in [1.29, 1.82) is 0 Å². The topological polar surface area (TPSA) is 110 Å². The van der Waals surface area contributed by atoms with Crippen LogP contribution in [0.4, 0.5) is 10.1 Å². The highest BCUT2D eigenvalue weighted by Crippen LogP contribution is 2.36. The van der Waals surface area contributed by atoms with E-state index in [0.29, 0.717) is 26.4 Å². The summed E-state index contributed by atoms with van der Waals surface area (Å²) < 4.78 is 26.7. The molecule has 0 radical (unpaired) electrons. The Hall–Kier alpha value is -2.98. The molecule has 5 N–H and O–H groups in total. The number of amides is 1. The molecule has 35 heavy (non-hydrogen) atoms. The molecule has 0 aliphatic rings. The average Bonchev–Trinajstić information content (AvgIpc) is 3.15. The Morgan fingerprint density at radius 2 is 1.94 bits per heavy atom. The average molecular weight is 583 g/mol. The van der Waals surface area contributed by atoms with Gasteiger partial charge >= 0.3 is 0 Å². The summed E-state index contributed by atoms with van der Waals surface area (Å²) in [5, 5.41) is 12.7. The molecule has 0 atom stereocenters. The van der Waals surface area contributed by atoms with Crippen molar-refractivity contribution < 1.29 is 23.8 Å². The van der Waals surface area contributed by atoms with Gasteiger partial charge in [0.1, 0.15) is 23.8 Å². The summed E-state index contributed by atoms with van der Waals surface area (Å²) in [5.74, 6) is -0.609. The zero-order valence-corrected chi connectivity index (χ0v) is 21.1. The summed E-state index contributed by atoms with van der Waals surface area (Å²) >= 11 is 15.6. The summed E-state index contributed by atoms with van der Waals surface area (Å²) in [6, 6.07) is 12.7. The monoisotopic (exact) mass is 581 g/mol. The van der Waals surface area contributed by atoms with Crippen LogP contribution in [0.1, 0.15) is 16.1 Å². The number of hydrogen-bond donors (Lipinski definition) is 4. The van der Waals surface area contributed by atoms with Crippen LogP contribution >= 0.6 is 39.1 Å². The molecular formula is C24H19BrCl2FN3O4. The van der Waals surface area contributed by atoms with Gasteiger partial charge in [0.15, 0.2) is 11.6 Å². The number of anilines is 1. The maximum Gasteiger partial charge on any atom is 0.269 e.